The first-order valence-electron chi connectivity index (χ1n) is 5.15. The number of thioether (sulfide) groups is 1. The average Bonchev–Trinajstić information content (AvgIpc) is 2.27. The molecule has 3 nitrogen and oxygen atoms in total. The molecule has 0 bridgehead atoms. The van der Waals surface area contributed by atoms with Crippen LogP contribution in [0.2, 0.25) is 0 Å². The summed E-state index contributed by atoms with van der Waals surface area (Å²) in [5, 5.41) is 10.8. The summed E-state index contributed by atoms with van der Waals surface area (Å²) in [5.41, 5.74) is 4.82. The summed E-state index contributed by atoms with van der Waals surface area (Å²) >= 11 is 1.58. The molecule has 88 valence electrons. The van der Waals surface area contributed by atoms with Crippen LogP contribution < -0.4 is 10.8 Å². The second kappa shape index (κ2) is 5.37. The van der Waals surface area contributed by atoms with Crippen molar-refractivity contribution in [2.45, 2.75) is 30.4 Å². The van der Waals surface area contributed by atoms with Gasteiger partial charge in [-0.1, -0.05) is 30.3 Å². The van der Waals surface area contributed by atoms with Gasteiger partial charge in [0.05, 0.1) is 4.75 Å². The van der Waals surface area contributed by atoms with E-state index < -0.39 is 16.8 Å². The van der Waals surface area contributed by atoms with Gasteiger partial charge in [-0.25, -0.2) is 0 Å². The second-order valence-electron chi connectivity index (χ2n) is 4.25. The maximum absolute atomic E-state index is 10.8. The first kappa shape index (κ1) is 13.1. The summed E-state index contributed by atoms with van der Waals surface area (Å²) < 4.78 is -0.422. The molecule has 0 spiro atoms. The molecule has 0 fully saturated rings. The molecule has 0 unspecified atom stereocenters. The number of hydrogen-bond acceptors (Lipinski definition) is 3. The van der Waals surface area contributed by atoms with E-state index in [1.807, 2.05) is 44.2 Å². The standard InChI is InChI=1S/C12H17NO2S/c1-12(2,10(13)11(14)15)16-8-9-6-4-3-5-7-9/h3-7,10H,8,13H2,1-2H3,(H,14,15)/t10-/m0/s1. The molecule has 0 radical (unpaired) electrons. The highest BCUT2D eigenvalue weighted by Gasteiger charge is 2.31. The molecule has 0 amide bonds. The fourth-order valence-corrected chi connectivity index (χ4v) is 2.26. The highest BCUT2D eigenvalue weighted by molar-refractivity contribution is 7.99. The van der Waals surface area contributed by atoms with E-state index in [1.165, 1.54) is 5.56 Å². The van der Waals surface area contributed by atoms with Gasteiger partial charge in [0.25, 0.3) is 0 Å². The Hall–Kier alpha value is -1.00. The second-order valence-corrected chi connectivity index (χ2v) is 5.88. The molecule has 0 aliphatic rings. The monoisotopic (exact) mass is 239 g/mol. The van der Waals surface area contributed by atoms with E-state index in [0.717, 1.165) is 5.75 Å². The van der Waals surface area contributed by atoms with Crippen molar-refractivity contribution in [2.24, 2.45) is 0 Å². The van der Waals surface area contributed by atoms with Gasteiger partial charge in [-0.05, 0) is 19.4 Å². The Morgan fingerprint density at radius 2 is 2.00 bits per heavy atom. The van der Waals surface area contributed by atoms with E-state index in [0.29, 0.717) is 0 Å². The quantitative estimate of drug-likeness (QED) is 0.790. The summed E-state index contributed by atoms with van der Waals surface area (Å²) in [6.45, 7) is 3.77. The van der Waals surface area contributed by atoms with Gasteiger partial charge in [-0.3, -0.25) is 0 Å². The number of benzene rings is 1. The van der Waals surface area contributed by atoms with Crippen molar-refractivity contribution in [2.75, 3.05) is 0 Å². The number of rotatable bonds is 5. The van der Waals surface area contributed by atoms with Crippen molar-refractivity contribution in [3.05, 3.63) is 35.9 Å². The molecule has 0 aliphatic carbocycles. The van der Waals surface area contributed by atoms with Crippen LogP contribution >= 0.6 is 11.8 Å². The molecular formula is C12H17NO2S. The zero-order chi connectivity index (χ0) is 12.2. The Labute approximate surface area is 100 Å². The minimum atomic E-state index is -1.09. The zero-order valence-electron chi connectivity index (χ0n) is 9.60. The summed E-state index contributed by atoms with van der Waals surface area (Å²) in [7, 11) is 0. The molecule has 16 heavy (non-hydrogen) atoms. The normalized spacial score (nSPS) is 13.4. The van der Waals surface area contributed by atoms with Crippen molar-refractivity contribution >= 4 is 17.7 Å². The van der Waals surface area contributed by atoms with E-state index in [4.69, 9.17) is 0 Å². The molecule has 0 saturated carbocycles. The summed E-state index contributed by atoms with van der Waals surface area (Å²) in [5.74, 6) is -0.307. The lowest BCUT2D eigenvalue weighted by molar-refractivity contribution is -0.442. The topological polar surface area (TPSA) is 67.8 Å². The van der Waals surface area contributed by atoms with Gasteiger partial charge in [0.15, 0.2) is 0 Å². The molecule has 3 N–H and O–H groups in total. The molecule has 0 saturated heterocycles. The van der Waals surface area contributed by atoms with Crippen molar-refractivity contribution < 1.29 is 15.6 Å². The molecule has 0 aromatic heterocycles. The first-order chi connectivity index (χ1) is 7.43. The SMILES string of the molecule is CC(C)(SCc1ccccc1)[C@@H]([NH3+])C(=O)[O-]. The Morgan fingerprint density at radius 3 is 2.50 bits per heavy atom. The Kier molecular flexibility index (Phi) is 4.38. The maximum Gasteiger partial charge on any atom is 0.139 e. The lowest BCUT2D eigenvalue weighted by atomic mass is 10.1. The number of aliphatic carboxylic acids is 1. The number of carbonyl (C=O) groups excluding carboxylic acids is 1. The van der Waals surface area contributed by atoms with E-state index in [-0.39, 0.29) is 0 Å². The third kappa shape index (κ3) is 3.54. The van der Waals surface area contributed by atoms with E-state index in [2.05, 4.69) is 5.73 Å². The minimum absolute atomic E-state index is 0.422. The van der Waals surface area contributed by atoms with Crippen LogP contribution in [0.25, 0.3) is 0 Å². The molecule has 1 aromatic rings. The number of hydrogen-bond donors (Lipinski definition) is 1. The first-order valence-corrected chi connectivity index (χ1v) is 6.14. The molecule has 1 aromatic carbocycles. The molecule has 0 heterocycles. The number of carboxylic acid groups (broad SMARTS) is 1. The van der Waals surface area contributed by atoms with Gasteiger partial charge in [-0.2, -0.15) is 0 Å². The van der Waals surface area contributed by atoms with Crippen LogP contribution in [-0.4, -0.2) is 16.8 Å². The number of quaternary nitrogens is 1. The van der Waals surface area contributed by atoms with Crippen molar-refractivity contribution in [3.63, 3.8) is 0 Å². The molecule has 1 rings (SSSR count). The Morgan fingerprint density at radius 1 is 1.44 bits per heavy atom. The lowest BCUT2D eigenvalue weighted by Crippen LogP contribution is -2.75. The van der Waals surface area contributed by atoms with Crippen molar-refractivity contribution in [1.82, 2.24) is 0 Å². The van der Waals surface area contributed by atoms with Crippen LogP contribution in [-0.2, 0) is 10.5 Å². The van der Waals surface area contributed by atoms with E-state index in [1.54, 1.807) is 11.8 Å². The number of carboxylic acids is 1. The average molecular weight is 239 g/mol. The third-order valence-corrected chi connectivity index (χ3v) is 4.08. The van der Waals surface area contributed by atoms with Crippen LogP contribution in [0.4, 0.5) is 0 Å². The fourth-order valence-electron chi connectivity index (χ4n) is 1.23. The predicted octanol–water partition coefficient (Wildman–Crippen LogP) is 0.0588. The lowest BCUT2D eigenvalue weighted by Gasteiger charge is -2.28. The highest BCUT2D eigenvalue weighted by Crippen LogP contribution is 2.29. The molecule has 1 atom stereocenters. The Balaban J connectivity index is 2.57. The predicted molar refractivity (Wildman–Crippen MR) is 63.5 cm³/mol. The smallest absolute Gasteiger partial charge is 0.139 e. The summed E-state index contributed by atoms with van der Waals surface area (Å²) in [6, 6.07) is 9.26. The van der Waals surface area contributed by atoms with Gasteiger partial charge < -0.3 is 15.6 Å². The molecular weight excluding hydrogens is 222 g/mol. The van der Waals surface area contributed by atoms with Gasteiger partial charge in [0.2, 0.25) is 0 Å². The van der Waals surface area contributed by atoms with Gasteiger partial charge in [-0.15, -0.1) is 11.8 Å². The van der Waals surface area contributed by atoms with Gasteiger partial charge in [0, 0.05) is 5.75 Å². The van der Waals surface area contributed by atoms with Crippen molar-refractivity contribution in [1.29, 1.82) is 0 Å². The largest absolute Gasteiger partial charge is 0.544 e. The van der Waals surface area contributed by atoms with Crippen LogP contribution in [0.5, 0.6) is 0 Å². The minimum Gasteiger partial charge on any atom is -0.544 e. The number of carbonyl (C=O) groups is 1. The van der Waals surface area contributed by atoms with Gasteiger partial charge >= 0.3 is 0 Å². The van der Waals surface area contributed by atoms with Crippen LogP contribution in [0, 0.1) is 0 Å². The zero-order valence-corrected chi connectivity index (χ0v) is 10.4. The van der Waals surface area contributed by atoms with Gasteiger partial charge in [0.1, 0.15) is 12.0 Å². The van der Waals surface area contributed by atoms with E-state index in [9.17, 15) is 9.90 Å². The Bertz CT molecular complexity index is 351. The van der Waals surface area contributed by atoms with Crippen molar-refractivity contribution in [3.8, 4) is 0 Å². The fraction of sp³-hybridized carbons (Fsp3) is 0.417. The maximum atomic E-state index is 10.8. The van der Waals surface area contributed by atoms with Crippen LogP contribution in [0.15, 0.2) is 30.3 Å². The molecule has 0 aliphatic heterocycles. The van der Waals surface area contributed by atoms with E-state index >= 15 is 0 Å². The molecule has 4 heteroatoms. The van der Waals surface area contributed by atoms with Crippen LogP contribution in [0.3, 0.4) is 0 Å². The summed E-state index contributed by atoms with van der Waals surface area (Å²) in [6.07, 6.45) is 0. The third-order valence-electron chi connectivity index (χ3n) is 2.58. The summed E-state index contributed by atoms with van der Waals surface area (Å²) in [4.78, 5) is 10.8. The highest BCUT2D eigenvalue weighted by atomic mass is 32.2. The van der Waals surface area contributed by atoms with Crippen LogP contribution in [0.1, 0.15) is 19.4 Å².